The smallest absolute Gasteiger partial charge is 0.270 e. The molecule has 5 nitrogen and oxygen atoms in total. The average molecular weight is 309 g/mol. The Hall–Kier alpha value is -2.95. The monoisotopic (exact) mass is 309 g/mol. The fraction of sp³-hybridized carbons (Fsp3) is 0.167. The molecule has 2 N–H and O–H groups in total. The Bertz CT molecular complexity index is 754. The van der Waals surface area contributed by atoms with E-state index in [1.165, 1.54) is 12.3 Å². The third kappa shape index (κ3) is 4.26. The number of aromatic nitrogens is 1. The summed E-state index contributed by atoms with van der Waals surface area (Å²) in [4.78, 5) is 28.2. The van der Waals surface area contributed by atoms with Crippen molar-refractivity contribution >= 4 is 17.5 Å². The number of hydrogen-bond donors (Lipinski definition) is 2. The maximum Gasteiger partial charge on any atom is 0.270 e. The molecule has 0 radical (unpaired) electrons. The second kappa shape index (κ2) is 7.35. The van der Waals surface area contributed by atoms with Gasteiger partial charge in [0.2, 0.25) is 0 Å². The molecule has 0 unspecified atom stereocenters. The predicted octanol–water partition coefficient (Wildman–Crippen LogP) is 2.87. The number of nitrogens with zero attached hydrogens (tertiary/aromatic N) is 1. The van der Waals surface area contributed by atoms with Crippen LogP contribution in [-0.4, -0.2) is 23.3 Å². The maximum atomic E-state index is 12.3. The number of nitrogens with one attached hydrogen (secondary N) is 2. The fourth-order valence-corrected chi connectivity index (χ4v) is 1.97. The zero-order valence-electron chi connectivity index (χ0n) is 13.2. The standard InChI is InChI=1S/C18H19N3O2/c1-4-8-20-18(23)16-11-14(7-9-19-16)17(22)21-15-6-5-12(2)13(3)10-15/h4-7,9-11H,1,8H2,2-3H3,(H,20,23)(H,21,22). The van der Waals surface area contributed by atoms with Crippen molar-refractivity contribution in [3.63, 3.8) is 0 Å². The Kier molecular flexibility index (Phi) is 5.25. The van der Waals surface area contributed by atoms with Gasteiger partial charge in [-0.05, 0) is 49.2 Å². The highest BCUT2D eigenvalue weighted by molar-refractivity contribution is 6.05. The van der Waals surface area contributed by atoms with Gasteiger partial charge >= 0.3 is 0 Å². The molecule has 1 aromatic heterocycles. The number of amides is 2. The van der Waals surface area contributed by atoms with Crippen LogP contribution in [0.5, 0.6) is 0 Å². The van der Waals surface area contributed by atoms with Crippen LogP contribution in [-0.2, 0) is 0 Å². The zero-order valence-corrected chi connectivity index (χ0v) is 13.2. The molecular formula is C18H19N3O2. The molecule has 23 heavy (non-hydrogen) atoms. The van der Waals surface area contributed by atoms with E-state index in [0.717, 1.165) is 11.1 Å². The first-order chi connectivity index (χ1) is 11.0. The van der Waals surface area contributed by atoms with Crippen LogP contribution in [0.2, 0.25) is 0 Å². The lowest BCUT2D eigenvalue weighted by Gasteiger charge is -2.08. The first kappa shape index (κ1) is 16.4. The van der Waals surface area contributed by atoms with Gasteiger partial charge in [-0.3, -0.25) is 14.6 Å². The molecule has 0 atom stereocenters. The summed E-state index contributed by atoms with van der Waals surface area (Å²) in [6, 6.07) is 8.74. The highest BCUT2D eigenvalue weighted by Crippen LogP contribution is 2.15. The Balaban J connectivity index is 2.14. The lowest BCUT2D eigenvalue weighted by Crippen LogP contribution is -2.24. The van der Waals surface area contributed by atoms with E-state index in [9.17, 15) is 9.59 Å². The normalized spacial score (nSPS) is 10.0. The molecule has 5 heteroatoms. The van der Waals surface area contributed by atoms with E-state index in [1.807, 2.05) is 32.0 Å². The summed E-state index contributed by atoms with van der Waals surface area (Å²) in [6.07, 6.45) is 3.02. The number of carbonyl (C=O) groups is 2. The van der Waals surface area contributed by atoms with E-state index < -0.39 is 0 Å². The SMILES string of the molecule is C=CCNC(=O)c1cc(C(=O)Nc2ccc(C)c(C)c2)ccn1. The summed E-state index contributed by atoms with van der Waals surface area (Å²) in [5.74, 6) is -0.626. The van der Waals surface area contributed by atoms with Gasteiger partial charge < -0.3 is 10.6 Å². The largest absolute Gasteiger partial charge is 0.347 e. The van der Waals surface area contributed by atoms with E-state index in [4.69, 9.17) is 0 Å². The molecule has 0 aliphatic heterocycles. The zero-order chi connectivity index (χ0) is 16.8. The molecule has 118 valence electrons. The van der Waals surface area contributed by atoms with Crippen molar-refractivity contribution in [2.75, 3.05) is 11.9 Å². The van der Waals surface area contributed by atoms with Crippen molar-refractivity contribution in [2.45, 2.75) is 13.8 Å². The van der Waals surface area contributed by atoms with E-state index in [-0.39, 0.29) is 17.5 Å². The van der Waals surface area contributed by atoms with Gasteiger partial charge in [0.1, 0.15) is 5.69 Å². The topological polar surface area (TPSA) is 71.1 Å². The quantitative estimate of drug-likeness (QED) is 0.834. The molecule has 0 spiro atoms. The van der Waals surface area contributed by atoms with Crippen molar-refractivity contribution in [1.82, 2.24) is 10.3 Å². The summed E-state index contributed by atoms with van der Waals surface area (Å²) in [7, 11) is 0. The average Bonchev–Trinajstić information content (AvgIpc) is 2.56. The van der Waals surface area contributed by atoms with E-state index >= 15 is 0 Å². The fourth-order valence-electron chi connectivity index (χ4n) is 1.97. The maximum absolute atomic E-state index is 12.3. The molecule has 0 aliphatic carbocycles. The second-order valence-corrected chi connectivity index (χ2v) is 5.18. The minimum absolute atomic E-state index is 0.194. The molecule has 0 fully saturated rings. The van der Waals surface area contributed by atoms with Gasteiger partial charge in [-0.2, -0.15) is 0 Å². The van der Waals surface area contributed by atoms with E-state index in [2.05, 4.69) is 22.2 Å². The molecule has 0 bridgehead atoms. The van der Waals surface area contributed by atoms with Gasteiger partial charge in [0.25, 0.3) is 11.8 Å². The molecule has 2 aromatic rings. The highest BCUT2D eigenvalue weighted by Gasteiger charge is 2.11. The van der Waals surface area contributed by atoms with Crippen LogP contribution in [0.4, 0.5) is 5.69 Å². The lowest BCUT2D eigenvalue weighted by molar-refractivity contribution is 0.0953. The minimum Gasteiger partial charge on any atom is -0.347 e. The summed E-state index contributed by atoms with van der Waals surface area (Å²) in [5, 5.41) is 5.45. The Morgan fingerprint density at radius 3 is 2.61 bits per heavy atom. The van der Waals surface area contributed by atoms with Gasteiger partial charge in [0.15, 0.2) is 0 Å². The van der Waals surface area contributed by atoms with Gasteiger partial charge in [-0.25, -0.2) is 0 Å². The van der Waals surface area contributed by atoms with Crippen LogP contribution in [0.25, 0.3) is 0 Å². The molecule has 0 saturated heterocycles. The van der Waals surface area contributed by atoms with Gasteiger partial charge in [-0.15, -0.1) is 6.58 Å². The molecule has 2 rings (SSSR count). The van der Waals surface area contributed by atoms with Crippen molar-refractivity contribution in [3.05, 3.63) is 71.6 Å². The Labute approximate surface area is 135 Å². The number of rotatable bonds is 5. The van der Waals surface area contributed by atoms with Crippen molar-refractivity contribution in [2.24, 2.45) is 0 Å². The molecule has 1 aromatic carbocycles. The lowest BCUT2D eigenvalue weighted by atomic mass is 10.1. The summed E-state index contributed by atoms with van der Waals surface area (Å²) < 4.78 is 0. The van der Waals surface area contributed by atoms with Crippen molar-refractivity contribution in [1.29, 1.82) is 0 Å². The van der Waals surface area contributed by atoms with Gasteiger partial charge in [0, 0.05) is 24.0 Å². The number of benzene rings is 1. The van der Waals surface area contributed by atoms with Crippen LogP contribution in [0.1, 0.15) is 32.0 Å². The summed E-state index contributed by atoms with van der Waals surface area (Å²) >= 11 is 0. The summed E-state index contributed by atoms with van der Waals surface area (Å²) in [6.45, 7) is 7.88. The third-order valence-electron chi connectivity index (χ3n) is 3.43. The minimum atomic E-state index is -0.342. The van der Waals surface area contributed by atoms with Gasteiger partial charge in [-0.1, -0.05) is 12.1 Å². The van der Waals surface area contributed by atoms with Crippen LogP contribution in [0, 0.1) is 13.8 Å². The van der Waals surface area contributed by atoms with E-state index in [0.29, 0.717) is 17.8 Å². The highest BCUT2D eigenvalue weighted by atomic mass is 16.2. The van der Waals surface area contributed by atoms with Crippen LogP contribution in [0.15, 0.2) is 49.2 Å². The third-order valence-corrected chi connectivity index (χ3v) is 3.43. The molecule has 0 saturated carbocycles. The molecule has 1 heterocycles. The van der Waals surface area contributed by atoms with Crippen LogP contribution in [0.3, 0.4) is 0 Å². The molecular weight excluding hydrogens is 290 g/mol. The number of carbonyl (C=O) groups excluding carboxylic acids is 2. The van der Waals surface area contributed by atoms with Gasteiger partial charge in [0.05, 0.1) is 0 Å². The molecule has 2 amide bonds. The van der Waals surface area contributed by atoms with Crippen molar-refractivity contribution in [3.8, 4) is 0 Å². The van der Waals surface area contributed by atoms with Crippen molar-refractivity contribution < 1.29 is 9.59 Å². The number of anilines is 1. The Morgan fingerprint density at radius 1 is 1.13 bits per heavy atom. The number of hydrogen-bond acceptors (Lipinski definition) is 3. The Morgan fingerprint density at radius 2 is 1.91 bits per heavy atom. The summed E-state index contributed by atoms with van der Waals surface area (Å²) in [5.41, 5.74) is 3.55. The van der Waals surface area contributed by atoms with Crippen LogP contribution >= 0.6 is 0 Å². The second-order valence-electron chi connectivity index (χ2n) is 5.18. The molecule has 0 aliphatic rings. The number of aryl methyl sites for hydroxylation is 2. The first-order valence-electron chi connectivity index (χ1n) is 7.25. The first-order valence-corrected chi connectivity index (χ1v) is 7.25. The van der Waals surface area contributed by atoms with Crippen LogP contribution < -0.4 is 10.6 Å². The van der Waals surface area contributed by atoms with E-state index in [1.54, 1.807) is 12.1 Å². The predicted molar refractivity (Wildman–Crippen MR) is 90.6 cm³/mol. The number of pyridine rings is 1.